The molecule has 0 spiro atoms. The van der Waals surface area contributed by atoms with Crippen LogP contribution in [0.4, 0.5) is 0 Å². The van der Waals surface area contributed by atoms with E-state index in [1.54, 1.807) is 0 Å². The number of hydrogen-bond acceptors (Lipinski definition) is 3. The first kappa shape index (κ1) is 13.1. The predicted octanol–water partition coefficient (Wildman–Crippen LogP) is 2.19. The maximum absolute atomic E-state index is 11.7. The number of ketones is 1. The predicted molar refractivity (Wildman–Crippen MR) is 54.9 cm³/mol. The lowest BCUT2D eigenvalue weighted by molar-refractivity contribution is -0.161. The summed E-state index contributed by atoms with van der Waals surface area (Å²) in [5, 5.41) is 0. The number of hydrogen-bond donors (Lipinski definition) is 0. The van der Waals surface area contributed by atoms with Gasteiger partial charge in [-0.25, -0.2) is 0 Å². The van der Waals surface area contributed by atoms with Gasteiger partial charge in [0, 0.05) is 0 Å². The molecule has 0 saturated carbocycles. The number of carbonyl (C=O) groups is 2. The minimum absolute atomic E-state index is 0.0209. The highest BCUT2D eigenvalue weighted by molar-refractivity contribution is 6.02. The molecule has 0 fully saturated rings. The lowest BCUT2D eigenvalue weighted by Gasteiger charge is -2.31. The van der Waals surface area contributed by atoms with Crippen molar-refractivity contribution in [2.45, 2.75) is 40.5 Å². The molecule has 0 N–H and O–H groups in total. The van der Waals surface area contributed by atoms with Gasteiger partial charge in [-0.15, -0.1) is 0 Å². The van der Waals surface area contributed by atoms with Gasteiger partial charge in [0.2, 0.25) is 0 Å². The quantitative estimate of drug-likeness (QED) is 0.504. The van der Waals surface area contributed by atoms with Crippen LogP contribution in [0, 0.1) is 11.3 Å². The zero-order chi connectivity index (χ0) is 11.4. The van der Waals surface area contributed by atoms with E-state index >= 15 is 0 Å². The molecule has 0 radical (unpaired) electrons. The molecular weight excluding hydrogens is 180 g/mol. The van der Waals surface area contributed by atoms with E-state index in [1.165, 1.54) is 14.0 Å². The summed E-state index contributed by atoms with van der Waals surface area (Å²) in [6.45, 7) is 7.19. The summed E-state index contributed by atoms with van der Waals surface area (Å²) in [5.74, 6) is -0.518. The van der Waals surface area contributed by atoms with Crippen LogP contribution >= 0.6 is 0 Å². The van der Waals surface area contributed by atoms with Crippen molar-refractivity contribution in [3.05, 3.63) is 0 Å². The second-order valence-electron chi connectivity index (χ2n) is 3.92. The van der Waals surface area contributed by atoms with Gasteiger partial charge < -0.3 is 4.74 Å². The normalized spacial score (nSPS) is 15.0. The van der Waals surface area contributed by atoms with Crippen LogP contribution in [0.3, 0.4) is 0 Å². The van der Waals surface area contributed by atoms with Gasteiger partial charge in [0.05, 0.1) is 7.11 Å². The molecular formula is C11H20O3. The maximum Gasteiger partial charge on any atom is 0.319 e. The van der Waals surface area contributed by atoms with E-state index in [0.717, 1.165) is 6.42 Å². The molecule has 0 saturated heterocycles. The third-order valence-corrected chi connectivity index (χ3v) is 2.81. The van der Waals surface area contributed by atoms with Gasteiger partial charge in [0.1, 0.15) is 11.2 Å². The molecule has 1 atom stereocenters. The summed E-state index contributed by atoms with van der Waals surface area (Å²) in [7, 11) is 1.33. The van der Waals surface area contributed by atoms with Crippen molar-refractivity contribution in [1.29, 1.82) is 0 Å². The van der Waals surface area contributed by atoms with Crippen molar-refractivity contribution in [1.82, 2.24) is 0 Å². The van der Waals surface area contributed by atoms with Gasteiger partial charge in [-0.05, 0) is 19.3 Å². The first-order valence-electron chi connectivity index (χ1n) is 5.02. The Balaban J connectivity index is 5.15. The third kappa shape index (κ3) is 2.14. The van der Waals surface area contributed by atoms with Crippen molar-refractivity contribution in [3.8, 4) is 0 Å². The lowest BCUT2D eigenvalue weighted by Crippen LogP contribution is -2.43. The second-order valence-corrected chi connectivity index (χ2v) is 3.92. The molecule has 0 aliphatic rings. The van der Waals surface area contributed by atoms with E-state index in [4.69, 9.17) is 4.74 Å². The number of methoxy groups -OCH3 is 1. The molecule has 14 heavy (non-hydrogen) atoms. The second kappa shape index (κ2) is 5.13. The van der Waals surface area contributed by atoms with E-state index < -0.39 is 11.4 Å². The average molecular weight is 200 g/mol. The number of carbonyl (C=O) groups excluding carboxylic acids is 2. The number of Topliss-reactive ketones (excluding diaryl/α,β-unsaturated/α-hetero) is 1. The molecule has 82 valence electrons. The Bertz CT molecular complexity index is 221. The number of rotatable bonds is 5. The smallest absolute Gasteiger partial charge is 0.319 e. The summed E-state index contributed by atoms with van der Waals surface area (Å²) >= 11 is 0. The van der Waals surface area contributed by atoms with E-state index in [1.807, 2.05) is 20.8 Å². The van der Waals surface area contributed by atoms with E-state index in [9.17, 15) is 9.59 Å². The SMILES string of the molecule is CCCC(C(C)=O)(C(=O)OC)C(C)C. The Morgan fingerprint density at radius 2 is 1.86 bits per heavy atom. The Kier molecular flexibility index (Phi) is 4.81. The van der Waals surface area contributed by atoms with Crippen molar-refractivity contribution in [2.75, 3.05) is 7.11 Å². The maximum atomic E-state index is 11.7. The van der Waals surface area contributed by atoms with Crippen molar-refractivity contribution >= 4 is 11.8 Å². The summed E-state index contributed by atoms with van der Waals surface area (Å²) in [5.41, 5.74) is -0.941. The molecule has 3 heteroatoms. The van der Waals surface area contributed by atoms with Gasteiger partial charge in [0.15, 0.2) is 0 Å². The van der Waals surface area contributed by atoms with Crippen LogP contribution in [0.2, 0.25) is 0 Å². The zero-order valence-corrected chi connectivity index (χ0v) is 9.72. The molecule has 1 unspecified atom stereocenters. The molecule has 0 bridgehead atoms. The fourth-order valence-corrected chi connectivity index (χ4v) is 1.93. The van der Waals surface area contributed by atoms with Gasteiger partial charge in [-0.3, -0.25) is 9.59 Å². The fourth-order valence-electron chi connectivity index (χ4n) is 1.93. The third-order valence-electron chi connectivity index (χ3n) is 2.81. The van der Waals surface area contributed by atoms with E-state index in [-0.39, 0.29) is 11.7 Å². The standard InChI is InChI=1S/C11H20O3/c1-6-7-11(8(2)3,9(4)12)10(13)14-5/h8H,6-7H2,1-5H3. The topological polar surface area (TPSA) is 43.4 Å². The van der Waals surface area contributed by atoms with Crippen molar-refractivity contribution < 1.29 is 14.3 Å². The van der Waals surface area contributed by atoms with Crippen molar-refractivity contribution in [2.24, 2.45) is 11.3 Å². The summed E-state index contributed by atoms with van der Waals surface area (Å²) < 4.78 is 4.73. The average Bonchev–Trinajstić information content (AvgIpc) is 2.11. The Labute approximate surface area is 85.8 Å². The van der Waals surface area contributed by atoms with E-state index in [0.29, 0.717) is 6.42 Å². The minimum Gasteiger partial charge on any atom is -0.468 e. The fraction of sp³-hybridized carbons (Fsp3) is 0.818. The Morgan fingerprint density at radius 3 is 2.07 bits per heavy atom. The minimum atomic E-state index is -0.941. The van der Waals surface area contributed by atoms with Crippen LogP contribution in [-0.2, 0) is 14.3 Å². The van der Waals surface area contributed by atoms with Gasteiger partial charge in [-0.2, -0.15) is 0 Å². The highest BCUT2D eigenvalue weighted by Crippen LogP contribution is 2.35. The first-order chi connectivity index (χ1) is 6.43. The summed E-state index contributed by atoms with van der Waals surface area (Å²) in [4.78, 5) is 23.3. The molecule has 0 amide bonds. The molecule has 0 aromatic rings. The van der Waals surface area contributed by atoms with Gasteiger partial charge in [0.25, 0.3) is 0 Å². The molecule has 0 aromatic carbocycles. The van der Waals surface area contributed by atoms with Crippen LogP contribution in [0.5, 0.6) is 0 Å². The van der Waals surface area contributed by atoms with Gasteiger partial charge >= 0.3 is 5.97 Å². The molecule has 0 aromatic heterocycles. The monoisotopic (exact) mass is 200 g/mol. The summed E-state index contributed by atoms with van der Waals surface area (Å²) in [6.07, 6.45) is 1.36. The number of ether oxygens (including phenoxy) is 1. The van der Waals surface area contributed by atoms with Crippen molar-refractivity contribution in [3.63, 3.8) is 0 Å². The number of esters is 1. The van der Waals surface area contributed by atoms with Gasteiger partial charge in [-0.1, -0.05) is 27.2 Å². The molecule has 0 aliphatic heterocycles. The largest absolute Gasteiger partial charge is 0.468 e. The lowest BCUT2D eigenvalue weighted by atomic mass is 9.71. The molecule has 0 heterocycles. The van der Waals surface area contributed by atoms with Crippen LogP contribution in [-0.4, -0.2) is 18.9 Å². The molecule has 3 nitrogen and oxygen atoms in total. The molecule has 0 rings (SSSR count). The highest BCUT2D eigenvalue weighted by atomic mass is 16.5. The zero-order valence-electron chi connectivity index (χ0n) is 9.72. The molecule has 0 aliphatic carbocycles. The first-order valence-corrected chi connectivity index (χ1v) is 5.02. The van der Waals surface area contributed by atoms with Crippen LogP contribution in [0.15, 0.2) is 0 Å². The van der Waals surface area contributed by atoms with Crippen LogP contribution in [0.25, 0.3) is 0 Å². The Hall–Kier alpha value is -0.860. The summed E-state index contributed by atoms with van der Waals surface area (Å²) in [6, 6.07) is 0. The van der Waals surface area contributed by atoms with Crippen LogP contribution < -0.4 is 0 Å². The van der Waals surface area contributed by atoms with E-state index in [2.05, 4.69) is 0 Å². The Morgan fingerprint density at radius 1 is 1.36 bits per heavy atom. The highest BCUT2D eigenvalue weighted by Gasteiger charge is 2.46. The van der Waals surface area contributed by atoms with Crippen LogP contribution in [0.1, 0.15) is 40.5 Å².